The first kappa shape index (κ1) is 13.0. The first-order chi connectivity index (χ1) is 8.49. The van der Waals surface area contributed by atoms with Crippen LogP contribution in [0.25, 0.3) is 0 Å². The van der Waals surface area contributed by atoms with E-state index in [1.54, 1.807) is 12.3 Å². The molecule has 2 heterocycles. The van der Waals surface area contributed by atoms with E-state index < -0.39 is 12.1 Å². The molecular formula is C12H15NO4S. The molecule has 1 fully saturated rings. The van der Waals surface area contributed by atoms with Gasteiger partial charge in [-0.15, -0.1) is 11.3 Å². The van der Waals surface area contributed by atoms with Gasteiger partial charge in [0.05, 0.1) is 11.8 Å². The molecule has 98 valence electrons. The largest absolute Gasteiger partial charge is 0.477 e. The highest BCUT2D eigenvalue weighted by Crippen LogP contribution is 2.29. The van der Waals surface area contributed by atoms with Crippen molar-refractivity contribution in [3.8, 4) is 0 Å². The number of carboxylic acids is 1. The van der Waals surface area contributed by atoms with Gasteiger partial charge in [0.25, 0.3) is 5.91 Å². The van der Waals surface area contributed by atoms with Crippen molar-refractivity contribution in [2.75, 3.05) is 5.32 Å². The van der Waals surface area contributed by atoms with Crippen molar-refractivity contribution in [1.82, 2.24) is 0 Å². The zero-order valence-electron chi connectivity index (χ0n) is 10.2. The van der Waals surface area contributed by atoms with Gasteiger partial charge in [0, 0.05) is 0 Å². The standard InChI is InChI=1S/C12H15NO4S/c1-6-5-18-10(12(15)16)9(6)13-11(14)8-4-3-7(2)17-8/h5,7-8H,3-4H2,1-2H3,(H,13,14)(H,15,16). The number of hydrogen-bond donors (Lipinski definition) is 2. The van der Waals surface area contributed by atoms with Crippen LogP contribution in [0, 0.1) is 6.92 Å². The summed E-state index contributed by atoms with van der Waals surface area (Å²) in [4.78, 5) is 23.1. The van der Waals surface area contributed by atoms with Crippen molar-refractivity contribution in [3.05, 3.63) is 15.8 Å². The molecule has 0 aromatic carbocycles. The van der Waals surface area contributed by atoms with Gasteiger partial charge < -0.3 is 15.2 Å². The molecule has 0 spiro atoms. The smallest absolute Gasteiger partial charge is 0.348 e. The molecule has 1 saturated heterocycles. The Morgan fingerprint density at radius 3 is 2.78 bits per heavy atom. The molecule has 1 amide bonds. The van der Waals surface area contributed by atoms with E-state index in [-0.39, 0.29) is 16.9 Å². The number of rotatable bonds is 3. The Kier molecular flexibility index (Phi) is 3.68. The van der Waals surface area contributed by atoms with Crippen molar-refractivity contribution in [3.63, 3.8) is 0 Å². The van der Waals surface area contributed by atoms with E-state index >= 15 is 0 Å². The quantitative estimate of drug-likeness (QED) is 0.882. The van der Waals surface area contributed by atoms with Crippen LogP contribution in [0.2, 0.25) is 0 Å². The Balaban J connectivity index is 2.12. The molecule has 2 N–H and O–H groups in total. The van der Waals surface area contributed by atoms with Crippen molar-refractivity contribution in [2.24, 2.45) is 0 Å². The predicted octanol–water partition coefficient (Wildman–Crippen LogP) is 2.26. The van der Waals surface area contributed by atoms with Gasteiger partial charge in [-0.2, -0.15) is 0 Å². The Morgan fingerprint density at radius 1 is 1.50 bits per heavy atom. The van der Waals surface area contributed by atoms with Crippen LogP contribution in [0.15, 0.2) is 5.38 Å². The molecule has 18 heavy (non-hydrogen) atoms. The summed E-state index contributed by atoms with van der Waals surface area (Å²) in [6.45, 7) is 3.70. The number of nitrogens with one attached hydrogen (secondary N) is 1. The molecular weight excluding hydrogens is 254 g/mol. The minimum absolute atomic E-state index is 0.0864. The molecule has 2 rings (SSSR count). The third-order valence-electron chi connectivity index (χ3n) is 2.94. The van der Waals surface area contributed by atoms with Crippen LogP contribution in [0.1, 0.15) is 35.0 Å². The van der Waals surface area contributed by atoms with Crippen LogP contribution >= 0.6 is 11.3 Å². The number of aryl methyl sites for hydroxylation is 1. The Hall–Kier alpha value is -1.40. The van der Waals surface area contributed by atoms with Gasteiger partial charge in [-0.3, -0.25) is 4.79 Å². The van der Waals surface area contributed by atoms with Crippen molar-refractivity contribution in [1.29, 1.82) is 0 Å². The highest BCUT2D eigenvalue weighted by atomic mass is 32.1. The molecule has 0 radical (unpaired) electrons. The first-order valence-corrected chi connectivity index (χ1v) is 6.64. The summed E-state index contributed by atoms with van der Waals surface area (Å²) in [6.07, 6.45) is 1.15. The minimum atomic E-state index is -1.02. The fourth-order valence-electron chi connectivity index (χ4n) is 1.96. The van der Waals surface area contributed by atoms with Gasteiger partial charge in [-0.25, -0.2) is 4.79 Å². The zero-order chi connectivity index (χ0) is 13.3. The van der Waals surface area contributed by atoms with Gasteiger partial charge in [-0.1, -0.05) is 0 Å². The number of carboxylic acid groups (broad SMARTS) is 1. The molecule has 0 saturated carbocycles. The van der Waals surface area contributed by atoms with Crippen molar-refractivity contribution >= 4 is 28.9 Å². The lowest BCUT2D eigenvalue weighted by atomic mass is 10.2. The zero-order valence-corrected chi connectivity index (χ0v) is 11.0. The second kappa shape index (κ2) is 5.07. The second-order valence-corrected chi connectivity index (χ2v) is 5.31. The number of thiophene rings is 1. The molecule has 2 unspecified atom stereocenters. The lowest BCUT2D eigenvalue weighted by molar-refractivity contribution is -0.126. The lowest BCUT2D eigenvalue weighted by Crippen LogP contribution is -2.28. The number of hydrogen-bond acceptors (Lipinski definition) is 4. The summed E-state index contributed by atoms with van der Waals surface area (Å²) in [6, 6.07) is 0. The second-order valence-electron chi connectivity index (χ2n) is 4.43. The summed E-state index contributed by atoms with van der Waals surface area (Å²) < 4.78 is 5.46. The van der Waals surface area contributed by atoms with Crippen LogP contribution in [0.3, 0.4) is 0 Å². The number of amides is 1. The number of carbonyl (C=O) groups is 2. The molecule has 2 atom stereocenters. The van der Waals surface area contributed by atoms with Gasteiger partial charge in [0.15, 0.2) is 0 Å². The SMILES string of the molecule is Cc1csc(C(=O)O)c1NC(=O)C1CCC(C)O1. The predicted molar refractivity (Wildman–Crippen MR) is 68.2 cm³/mol. The number of ether oxygens (including phenoxy) is 1. The van der Waals surface area contributed by atoms with Gasteiger partial charge in [-0.05, 0) is 37.6 Å². The third-order valence-corrected chi connectivity index (χ3v) is 4.03. The van der Waals surface area contributed by atoms with E-state index in [4.69, 9.17) is 9.84 Å². The molecule has 1 aromatic heterocycles. The lowest BCUT2D eigenvalue weighted by Gasteiger charge is -2.12. The van der Waals surface area contributed by atoms with E-state index in [1.165, 1.54) is 0 Å². The molecule has 1 aliphatic rings. The molecule has 1 aliphatic heterocycles. The van der Waals surface area contributed by atoms with Crippen LogP contribution < -0.4 is 5.32 Å². The highest BCUT2D eigenvalue weighted by Gasteiger charge is 2.29. The van der Waals surface area contributed by atoms with E-state index in [1.807, 2.05) is 6.92 Å². The highest BCUT2D eigenvalue weighted by molar-refractivity contribution is 7.12. The van der Waals surface area contributed by atoms with E-state index in [0.717, 1.165) is 23.3 Å². The van der Waals surface area contributed by atoms with E-state index in [2.05, 4.69) is 5.32 Å². The third kappa shape index (κ3) is 2.54. The molecule has 0 aliphatic carbocycles. The van der Waals surface area contributed by atoms with Gasteiger partial charge in [0.1, 0.15) is 11.0 Å². The average molecular weight is 269 g/mol. The van der Waals surface area contributed by atoms with Crippen LogP contribution in [0.5, 0.6) is 0 Å². The fourth-order valence-corrected chi connectivity index (χ4v) is 2.80. The fraction of sp³-hybridized carbons (Fsp3) is 0.500. The summed E-state index contributed by atoms with van der Waals surface area (Å²) in [7, 11) is 0. The molecule has 6 heteroatoms. The number of aromatic carboxylic acids is 1. The maximum Gasteiger partial charge on any atom is 0.348 e. The Labute approximate surface area is 109 Å². The van der Waals surface area contributed by atoms with Crippen LogP contribution in [0.4, 0.5) is 5.69 Å². The summed E-state index contributed by atoms with van der Waals surface area (Å²) in [5.41, 5.74) is 1.15. The molecule has 5 nitrogen and oxygen atoms in total. The molecule has 1 aromatic rings. The number of anilines is 1. The van der Waals surface area contributed by atoms with Crippen molar-refractivity contribution in [2.45, 2.75) is 38.9 Å². The average Bonchev–Trinajstić information content (AvgIpc) is 2.87. The maximum absolute atomic E-state index is 12.0. The summed E-state index contributed by atoms with van der Waals surface area (Å²) in [5, 5.41) is 13.4. The normalized spacial score (nSPS) is 23.0. The van der Waals surface area contributed by atoms with E-state index in [0.29, 0.717) is 12.1 Å². The van der Waals surface area contributed by atoms with E-state index in [9.17, 15) is 9.59 Å². The first-order valence-electron chi connectivity index (χ1n) is 5.76. The van der Waals surface area contributed by atoms with Gasteiger partial charge in [0.2, 0.25) is 0 Å². The maximum atomic E-state index is 12.0. The minimum Gasteiger partial charge on any atom is -0.477 e. The summed E-state index contributed by atoms with van der Waals surface area (Å²) in [5.74, 6) is -1.28. The monoisotopic (exact) mass is 269 g/mol. The Morgan fingerprint density at radius 2 is 2.22 bits per heavy atom. The van der Waals surface area contributed by atoms with Gasteiger partial charge >= 0.3 is 5.97 Å². The number of carbonyl (C=O) groups excluding carboxylic acids is 1. The Bertz CT molecular complexity index is 482. The van der Waals surface area contributed by atoms with Crippen molar-refractivity contribution < 1.29 is 19.4 Å². The van der Waals surface area contributed by atoms with Crippen LogP contribution in [-0.2, 0) is 9.53 Å². The van der Waals surface area contributed by atoms with Crippen LogP contribution in [-0.4, -0.2) is 29.2 Å². The molecule has 0 bridgehead atoms. The summed E-state index contributed by atoms with van der Waals surface area (Å²) >= 11 is 1.11. The topological polar surface area (TPSA) is 75.6 Å².